The third-order valence-electron chi connectivity index (χ3n) is 16.0. The van der Waals surface area contributed by atoms with Gasteiger partial charge in [0.2, 0.25) is 0 Å². The molecule has 0 amide bonds. The van der Waals surface area contributed by atoms with Gasteiger partial charge in [0.1, 0.15) is 13.2 Å². The van der Waals surface area contributed by atoms with Crippen molar-refractivity contribution in [2.24, 2.45) is 0 Å². The van der Waals surface area contributed by atoms with Gasteiger partial charge in [-0.1, -0.05) is 339 Å². The fourth-order valence-electron chi connectivity index (χ4n) is 10.7. The van der Waals surface area contributed by atoms with Crippen molar-refractivity contribution in [3.05, 3.63) is 48.6 Å². The Kier molecular flexibility index (Phi) is 66.6. The summed E-state index contributed by atoms with van der Waals surface area (Å²) in [5, 5.41) is 0. The molecule has 0 aliphatic carbocycles. The summed E-state index contributed by atoms with van der Waals surface area (Å²) in [5.74, 6) is -0.888. The van der Waals surface area contributed by atoms with Crippen molar-refractivity contribution >= 4 is 17.9 Å². The van der Waals surface area contributed by atoms with Gasteiger partial charge in [-0.2, -0.15) is 0 Å². The van der Waals surface area contributed by atoms with Gasteiger partial charge >= 0.3 is 17.9 Å². The van der Waals surface area contributed by atoms with Crippen LogP contribution in [0.2, 0.25) is 0 Å². The molecule has 6 heteroatoms. The van der Waals surface area contributed by atoms with Gasteiger partial charge in [0, 0.05) is 19.3 Å². The van der Waals surface area contributed by atoms with E-state index in [1.165, 1.54) is 238 Å². The Morgan fingerprint density at radius 2 is 0.475 bits per heavy atom. The summed E-state index contributed by atoms with van der Waals surface area (Å²) in [6.45, 7) is 6.59. The first-order valence-corrected chi connectivity index (χ1v) is 35.6. The van der Waals surface area contributed by atoms with Crippen molar-refractivity contribution in [1.29, 1.82) is 0 Å². The zero-order chi connectivity index (χ0) is 57.8. The molecule has 0 spiro atoms. The third-order valence-corrected chi connectivity index (χ3v) is 16.0. The molecule has 0 aliphatic heterocycles. The Labute approximate surface area is 498 Å². The van der Waals surface area contributed by atoms with Crippen LogP contribution in [-0.4, -0.2) is 37.2 Å². The molecule has 0 aromatic carbocycles. The summed E-state index contributed by atoms with van der Waals surface area (Å²) in [6, 6.07) is 0. The maximum Gasteiger partial charge on any atom is 0.306 e. The summed E-state index contributed by atoms with van der Waals surface area (Å²) in [6.07, 6.45) is 87.4. The molecule has 0 aliphatic rings. The normalized spacial score (nSPS) is 12.3. The quantitative estimate of drug-likeness (QED) is 0.0261. The molecule has 0 fully saturated rings. The standard InChI is InChI=1S/C74H136O6/c1-4-7-10-13-16-19-22-25-27-29-30-31-32-33-34-35-36-37-38-39-40-41-42-43-44-45-47-49-52-55-58-61-64-67-73(76)79-70-71(69-78-72(75)66-63-60-57-54-51-48-24-21-18-15-12-9-6-3)80-74(77)68-65-62-59-56-53-50-46-28-26-23-20-17-14-11-8-5-2/h12,15,20-21,23-24,28,46,71H,4-11,13-14,16-19,22,25-27,29-45,47-70H2,1-3H3/b15-12-,23-20-,24-21-,46-28-. The van der Waals surface area contributed by atoms with E-state index in [4.69, 9.17) is 14.2 Å². The highest BCUT2D eigenvalue weighted by Gasteiger charge is 2.19. The van der Waals surface area contributed by atoms with Crippen LogP contribution in [0.5, 0.6) is 0 Å². The molecule has 0 heterocycles. The van der Waals surface area contributed by atoms with Crippen molar-refractivity contribution in [1.82, 2.24) is 0 Å². The Hall–Kier alpha value is -2.63. The van der Waals surface area contributed by atoms with E-state index in [2.05, 4.69) is 69.4 Å². The number of rotatable bonds is 66. The molecule has 0 bridgehead atoms. The minimum Gasteiger partial charge on any atom is -0.462 e. The highest BCUT2D eigenvalue weighted by Crippen LogP contribution is 2.19. The van der Waals surface area contributed by atoms with Gasteiger partial charge in [-0.15, -0.1) is 0 Å². The highest BCUT2D eigenvalue weighted by atomic mass is 16.6. The predicted molar refractivity (Wildman–Crippen MR) is 349 cm³/mol. The van der Waals surface area contributed by atoms with Gasteiger partial charge in [0.25, 0.3) is 0 Å². The second-order valence-corrected chi connectivity index (χ2v) is 24.1. The van der Waals surface area contributed by atoms with Gasteiger partial charge in [0.05, 0.1) is 0 Å². The number of carbonyl (C=O) groups is 3. The Balaban J connectivity index is 4.10. The van der Waals surface area contributed by atoms with Crippen LogP contribution in [0.1, 0.15) is 387 Å². The van der Waals surface area contributed by atoms with Crippen LogP contribution in [0, 0.1) is 0 Å². The van der Waals surface area contributed by atoms with E-state index in [9.17, 15) is 14.4 Å². The molecule has 0 aromatic heterocycles. The lowest BCUT2D eigenvalue weighted by atomic mass is 10.0. The lowest BCUT2D eigenvalue weighted by molar-refractivity contribution is -0.167. The maximum atomic E-state index is 12.9. The molecular formula is C74H136O6. The summed E-state index contributed by atoms with van der Waals surface area (Å²) >= 11 is 0. The van der Waals surface area contributed by atoms with Gasteiger partial charge in [-0.05, 0) is 77.0 Å². The van der Waals surface area contributed by atoms with Gasteiger partial charge in [0.15, 0.2) is 6.10 Å². The van der Waals surface area contributed by atoms with Crippen molar-refractivity contribution in [2.45, 2.75) is 393 Å². The predicted octanol–water partition coefficient (Wildman–Crippen LogP) is 24.5. The first-order chi connectivity index (χ1) is 39.5. The van der Waals surface area contributed by atoms with Crippen LogP contribution >= 0.6 is 0 Å². The summed E-state index contributed by atoms with van der Waals surface area (Å²) < 4.78 is 16.9. The van der Waals surface area contributed by atoms with Crippen molar-refractivity contribution in [3.8, 4) is 0 Å². The molecule has 0 aromatic rings. The first kappa shape index (κ1) is 77.4. The third kappa shape index (κ3) is 66.2. The van der Waals surface area contributed by atoms with E-state index in [0.29, 0.717) is 19.3 Å². The van der Waals surface area contributed by atoms with Crippen LogP contribution in [0.15, 0.2) is 48.6 Å². The molecule has 1 unspecified atom stereocenters. The van der Waals surface area contributed by atoms with E-state index in [-0.39, 0.29) is 31.1 Å². The van der Waals surface area contributed by atoms with Gasteiger partial charge < -0.3 is 14.2 Å². The largest absolute Gasteiger partial charge is 0.462 e. The number of esters is 3. The van der Waals surface area contributed by atoms with Crippen molar-refractivity contribution in [3.63, 3.8) is 0 Å². The molecule has 6 nitrogen and oxygen atoms in total. The topological polar surface area (TPSA) is 78.9 Å². The molecule has 1 atom stereocenters. The van der Waals surface area contributed by atoms with Crippen LogP contribution in [0.4, 0.5) is 0 Å². The fraction of sp³-hybridized carbons (Fsp3) is 0.851. The average molecular weight is 1120 g/mol. The lowest BCUT2D eigenvalue weighted by Gasteiger charge is -2.18. The van der Waals surface area contributed by atoms with Gasteiger partial charge in [-0.3, -0.25) is 14.4 Å². The Morgan fingerprint density at radius 1 is 0.250 bits per heavy atom. The molecular weight excluding hydrogens is 985 g/mol. The Bertz CT molecular complexity index is 1380. The SMILES string of the molecule is CCC/C=C\C/C=C\CCCCCCCC(=O)OCC(COC(=O)CCCCCCCCCCCCCCCCCCCCCCCCCCCCCCCCCCC)OC(=O)CCCCCCC/C=C\C/C=C\CCCCCC. The minimum atomic E-state index is -0.786. The molecule has 80 heavy (non-hydrogen) atoms. The van der Waals surface area contributed by atoms with E-state index >= 15 is 0 Å². The smallest absolute Gasteiger partial charge is 0.306 e. The van der Waals surface area contributed by atoms with Gasteiger partial charge in [-0.25, -0.2) is 0 Å². The molecule has 0 saturated carbocycles. The van der Waals surface area contributed by atoms with Crippen LogP contribution in [0.25, 0.3) is 0 Å². The molecule has 0 radical (unpaired) electrons. The number of ether oxygens (including phenoxy) is 3. The number of unbranched alkanes of at least 4 members (excludes halogenated alkanes) is 47. The maximum absolute atomic E-state index is 12.9. The number of allylic oxidation sites excluding steroid dienone is 8. The van der Waals surface area contributed by atoms with Crippen LogP contribution in [0.3, 0.4) is 0 Å². The zero-order valence-electron chi connectivity index (χ0n) is 53.9. The molecule has 0 rings (SSSR count). The minimum absolute atomic E-state index is 0.0801. The summed E-state index contributed by atoms with van der Waals surface area (Å²) in [4.78, 5) is 38.3. The van der Waals surface area contributed by atoms with Crippen LogP contribution < -0.4 is 0 Å². The van der Waals surface area contributed by atoms with Crippen molar-refractivity contribution in [2.75, 3.05) is 13.2 Å². The molecule has 468 valence electrons. The van der Waals surface area contributed by atoms with E-state index in [1.54, 1.807) is 0 Å². The fourth-order valence-corrected chi connectivity index (χ4v) is 10.7. The summed E-state index contributed by atoms with van der Waals surface area (Å²) in [7, 11) is 0. The van der Waals surface area contributed by atoms with Crippen LogP contribution in [-0.2, 0) is 28.6 Å². The van der Waals surface area contributed by atoms with E-state index in [1.807, 2.05) is 0 Å². The second kappa shape index (κ2) is 68.9. The first-order valence-electron chi connectivity index (χ1n) is 35.6. The molecule has 0 saturated heterocycles. The Morgan fingerprint density at radius 3 is 0.750 bits per heavy atom. The highest BCUT2D eigenvalue weighted by molar-refractivity contribution is 5.71. The molecule has 0 N–H and O–H groups in total. The van der Waals surface area contributed by atoms with E-state index < -0.39 is 6.10 Å². The van der Waals surface area contributed by atoms with E-state index in [0.717, 1.165) is 109 Å². The monoisotopic (exact) mass is 1120 g/mol. The number of hydrogen-bond donors (Lipinski definition) is 0. The summed E-state index contributed by atoms with van der Waals surface area (Å²) in [5.41, 5.74) is 0. The number of carbonyl (C=O) groups excluding carboxylic acids is 3. The second-order valence-electron chi connectivity index (χ2n) is 24.1. The van der Waals surface area contributed by atoms with Crippen molar-refractivity contribution < 1.29 is 28.6 Å². The lowest BCUT2D eigenvalue weighted by Crippen LogP contribution is -2.30. The average Bonchev–Trinajstić information content (AvgIpc) is 3.46. The zero-order valence-corrected chi connectivity index (χ0v) is 53.9. The number of hydrogen-bond acceptors (Lipinski definition) is 6.